The molecule has 0 aliphatic heterocycles. The van der Waals surface area contributed by atoms with E-state index in [0.29, 0.717) is 18.0 Å². The lowest BCUT2D eigenvalue weighted by Crippen LogP contribution is -2.36. The zero-order chi connectivity index (χ0) is 13.5. The second-order valence-corrected chi connectivity index (χ2v) is 4.94. The van der Waals surface area contributed by atoms with Crippen molar-refractivity contribution in [2.75, 3.05) is 5.32 Å². The monoisotopic (exact) mass is 271 g/mol. The van der Waals surface area contributed by atoms with Crippen LogP contribution in [-0.4, -0.2) is 28.1 Å². The molecule has 0 aliphatic rings. The van der Waals surface area contributed by atoms with E-state index in [4.69, 9.17) is 5.11 Å². The number of carbonyl (C=O) groups excluding carboxylic acids is 1. The molecule has 2 amide bonds. The number of aliphatic carboxylic acids is 1. The molecule has 18 heavy (non-hydrogen) atoms. The molecule has 0 fully saturated rings. The van der Waals surface area contributed by atoms with Crippen LogP contribution in [0.5, 0.6) is 0 Å². The second kappa shape index (κ2) is 6.95. The molecule has 1 aromatic heterocycles. The minimum Gasteiger partial charge on any atom is -0.481 e. The van der Waals surface area contributed by atoms with E-state index in [1.54, 1.807) is 0 Å². The number of amides is 2. The molecule has 1 heterocycles. The van der Waals surface area contributed by atoms with E-state index in [1.165, 1.54) is 11.3 Å². The molecule has 0 saturated carbocycles. The van der Waals surface area contributed by atoms with Gasteiger partial charge in [0.25, 0.3) is 0 Å². The summed E-state index contributed by atoms with van der Waals surface area (Å²) in [6, 6.07) is -0.377. The van der Waals surface area contributed by atoms with Crippen LogP contribution < -0.4 is 10.6 Å². The fourth-order valence-electron chi connectivity index (χ4n) is 1.40. The molecule has 0 aliphatic carbocycles. The van der Waals surface area contributed by atoms with Gasteiger partial charge in [0, 0.05) is 17.8 Å². The van der Waals surface area contributed by atoms with Crippen LogP contribution in [0, 0.1) is 6.92 Å². The molecule has 7 heteroatoms. The van der Waals surface area contributed by atoms with Gasteiger partial charge in [0.05, 0.1) is 5.69 Å². The first kappa shape index (κ1) is 14.4. The number of hydrogen-bond donors (Lipinski definition) is 3. The highest BCUT2D eigenvalue weighted by Gasteiger charge is 2.09. The van der Waals surface area contributed by atoms with Crippen molar-refractivity contribution in [3.8, 4) is 0 Å². The van der Waals surface area contributed by atoms with Gasteiger partial charge in [-0.15, -0.1) is 11.3 Å². The highest BCUT2D eigenvalue weighted by atomic mass is 32.1. The summed E-state index contributed by atoms with van der Waals surface area (Å²) >= 11 is 1.37. The van der Waals surface area contributed by atoms with Crippen LogP contribution in [0.4, 0.5) is 9.93 Å². The van der Waals surface area contributed by atoms with Crippen LogP contribution in [0.1, 0.15) is 31.9 Å². The Morgan fingerprint density at radius 2 is 2.28 bits per heavy atom. The number of carbonyl (C=O) groups is 2. The smallest absolute Gasteiger partial charge is 0.321 e. The maximum absolute atomic E-state index is 11.6. The van der Waals surface area contributed by atoms with Crippen LogP contribution in [0.25, 0.3) is 0 Å². The minimum atomic E-state index is -0.815. The molecular weight excluding hydrogens is 254 g/mol. The van der Waals surface area contributed by atoms with Gasteiger partial charge < -0.3 is 10.4 Å². The number of hydrogen-bond acceptors (Lipinski definition) is 4. The Morgan fingerprint density at radius 1 is 1.56 bits per heavy atom. The Labute approximate surface area is 109 Å². The average molecular weight is 271 g/mol. The number of aromatic nitrogens is 1. The predicted molar refractivity (Wildman–Crippen MR) is 70.0 cm³/mol. The number of urea groups is 1. The van der Waals surface area contributed by atoms with Gasteiger partial charge in [0.2, 0.25) is 0 Å². The fraction of sp³-hybridized carbons (Fsp3) is 0.545. The van der Waals surface area contributed by atoms with Crippen LogP contribution in [0.3, 0.4) is 0 Å². The van der Waals surface area contributed by atoms with Gasteiger partial charge in [-0.2, -0.15) is 0 Å². The van der Waals surface area contributed by atoms with E-state index in [1.807, 2.05) is 19.2 Å². The molecule has 6 nitrogen and oxygen atoms in total. The molecule has 0 aromatic carbocycles. The Kier molecular flexibility index (Phi) is 5.57. The van der Waals surface area contributed by atoms with E-state index < -0.39 is 5.97 Å². The highest BCUT2D eigenvalue weighted by molar-refractivity contribution is 7.13. The Balaban J connectivity index is 2.25. The van der Waals surface area contributed by atoms with Gasteiger partial charge in [-0.1, -0.05) is 0 Å². The van der Waals surface area contributed by atoms with Crippen molar-refractivity contribution in [3.05, 3.63) is 11.1 Å². The number of thiazole rings is 1. The Bertz CT molecular complexity index is 419. The molecule has 1 atom stereocenters. The summed E-state index contributed by atoms with van der Waals surface area (Å²) in [5, 5.41) is 16.3. The first-order chi connectivity index (χ1) is 8.47. The summed E-state index contributed by atoms with van der Waals surface area (Å²) in [7, 11) is 0. The third-order valence-electron chi connectivity index (χ3n) is 2.24. The Morgan fingerprint density at radius 3 is 2.83 bits per heavy atom. The van der Waals surface area contributed by atoms with Gasteiger partial charge in [-0.25, -0.2) is 9.78 Å². The maximum atomic E-state index is 11.6. The van der Waals surface area contributed by atoms with Gasteiger partial charge in [0.1, 0.15) is 0 Å². The number of nitrogens with one attached hydrogen (secondary N) is 2. The lowest BCUT2D eigenvalue weighted by molar-refractivity contribution is -0.137. The minimum absolute atomic E-state index is 0.0644. The lowest BCUT2D eigenvalue weighted by Gasteiger charge is -2.12. The summed E-state index contributed by atoms with van der Waals surface area (Å²) in [5.41, 5.74) is 0.866. The van der Waals surface area contributed by atoms with Crippen molar-refractivity contribution in [3.63, 3.8) is 0 Å². The normalized spacial score (nSPS) is 11.9. The second-order valence-electron chi connectivity index (χ2n) is 4.08. The third-order valence-corrected chi connectivity index (χ3v) is 3.12. The lowest BCUT2D eigenvalue weighted by atomic mass is 10.1. The zero-order valence-corrected chi connectivity index (χ0v) is 11.2. The van der Waals surface area contributed by atoms with E-state index in [9.17, 15) is 9.59 Å². The van der Waals surface area contributed by atoms with E-state index >= 15 is 0 Å². The van der Waals surface area contributed by atoms with Crippen molar-refractivity contribution < 1.29 is 14.7 Å². The summed E-state index contributed by atoms with van der Waals surface area (Å²) in [6.07, 6.45) is 1.31. The number of carboxylic acid groups (broad SMARTS) is 1. The van der Waals surface area contributed by atoms with Crippen LogP contribution in [0.2, 0.25) is 0 Å². The quantitative estimate of drug-likeness (QED) is 0.739. The van der Waals surface area contributed by atoms with Crippen LogP contribution >= 0.6 is 11.3 Å². The standard InChI is InChI=1S/C11H17N3O3S/c1-7(4-3-5-9(15)16)12-10(17)14-11-13-8(2)6-18-11/h6-7H,3-5H2,1-2H3,(H,15,16)(H2,12,13,14,17). The Hall–Kier alpha value is -1.63. The molecular formula is C11H17N3O3S. The van der Waals surface area contributed by atoms with Crippen molar-refractivity contribution in [1.29, 1.82) is 0 Å². The van der Waals surface area contributed by atoms with Gasteiger partial charge in [-0.05, 0) is 26.7 Å². The summed E-state index contributed by atoms with van der Waals surface area (Å²) in [6.45, 7) is 3.70. The largest absolute Gasteiger partial charge is 0.481 e. The molecule has 0 bridgehead atoms. The maximum Gasteiger partial charge on any atom is 0.321 e. The SMILES string of the molecule is Cc1csc(NC(=O)NC(C)CCCC(=O)O)n1. The van der Waals surface area contributed by atoms with Gasteiger partial charge >= 0.3 is 12.0 Å². The molecule has 1 rings (SSSR count). The van der Waals surface area contributed by atoms with Gasteiger partial charge in [0.15, 0.2) is 5.13 Å². The van der Waals surface area contributed by atoms with Crippen molar-refractivity contribution >= 4 is 28.5 Å². The number of anilines is 1. The number of nitrogens with zero attached hydrogens (tertiary/aromatic N) is 1. The van der Waals surface area contributed by atoms with Crippen LogP contribution in [-0.2, 0) is 4.79 Å². The molecule has 0 radical (unpaired) electrons. The molecule has 0 saturated heterocycles. The fourth-order valence-corrected chi connectivity index (χ4v) is 2.08. The zero-order valence-electron chi connectivity index (χ0n) is 10.4. The van der Waals surface area contributed by atoms with E-state index in [0.717, 1.165) is 5.69 Å². The highest BCUT2D eigenvalue weighted by Crippen LogP contribution is 2.14. The number of aryl methyl sites for hydroxylation is 1. The number of carboxylic acids is 1. The van der Waals surface area contributed by atoms with E-state index in [2.05, 4.69) is 15.6 Å². The molecule has 3 N–H and O–H groups in total. The van der Waals surface area contributed by atoms with Gasteiger partial charge in [-0.3, -0.25) is 10.1 Å². The molecule has 1 aromatic rings. The van der Waals surface area contributed by atoms with Crippen molar-refractivity contribution in [2.24, 2.45) is 0 Å². The number of rotatable bonds is 6. The van der Waals surface area contributed by atoms with Crippen molar-refractivity contribution in [1.82, 2.24) is 10.3 Å². The molecule has 1 unspecified atom stereocenters. The third kappa shape index (κ3) is 5.62. The molecule has 0 spiro atoms. The topological polar surface area (TPSA) is 91.3 Å². The predicted octanol–water partition coefficient (Wildman–Crippen LogP) is 2.22. The average Bonchev–Trinajstić information content (AvgIpc) is 2.62. The van der Waals surface area contributed by atoms with Crippen LogP contribution in [0.15, 0.2) is 5.38 Å². The van der Waals surface area contributed by atoms with Crippen molar-refractivity contribution in [2.45, 2.75) is 39.2 Å². The van der Waals surface area contributed by atoms with E-state index in [-0.39, 0.29) is 18.5 Å². The first-order valence-corrected chi connectivity index (χ1v) is 6.57. The summed E-state index contributed by atoms with van der Waals surface area (Å²) in [4.78, 5) is 26.0. The molecule has 100 valence electrons. The summed E-state index contributed by atoms with van der Waals surface area (Å²) < 4.78 is 0. The first-order valence-electron chi connectivity index (χ1n) is 5.69. The summed E-state index contributed by atoms with van der Waals surface area (Å²) in [5.74, 6) is -0.815.